The molecule has 0 bridgehead atoms. The van der Waals surface area contributed by atoms with Crippen LogP contribution in [-0.4, -0.2) is 17.9 Å². The van der Waals surface area contributed by atoms with Gasteiger partial charge in [0.25, 0.3) is 5.91 Å². The maximum absolute atomic E-state index is 12.1. The normalized spacial score (nSPS) is 11.6. The Bertz CT molecular complexity index is 668. The second-order valence-corrected chi connectivity index (χ2v) is 5.50. The minimum Gasteiger partial charge on any atom is -0.349 e. The van der Waals surface area contributed by atoms with Gasteiger partial charge in [-0.15, -0.1) is 0 Å². The van der Waals surface area contributed by atoms with E-state index in [9.17, 15) is 9.59 Å². The molecule has 2 amide bonds. The Hall–Kier alpha value is -2.62. The van der Waals surface area contributed by atoms with Crippen LogP contribution in [0, 0.1) is 0 Å². The van der Waals surface area contributed by atoms with Crippen molar-refractivity contribution in [2.45, 2.75) is 32.7 Å². The van der Waals surface area contributed by atoms with Crippen molar-refractivity contribution in [1.82, 2.24) is 5.32 Å². The Morgan fingerprint density at radius 3 is 2.35 bits per heavy atom. The van der Waals surface area contributed by atoms with Crippen molar-refractivity contribution >= 4 is 17.5 Å². The average Bonchev–Trinajstić information content (AvgIpc) is 2.55. The molecule has 2 N–H and O–H groups in total. The molecular formula is C19H22N2O2. The third-order valence-corrected chi connectivity index (χ3v) is 3.58. The van der Waals surface area contributed by atoms with E-state index in [2.05, 4.69) is 10.6 Å². The van der Waals surface area contributed by atoms with E-state index in [1.54, 1.807) is 12.1 Å². The van der Waals surface area contributed by atoms with Gasteiger partial charge in [-0.3, -0.25) is 9.59 Å². The first-order chi connectivity index (χ1) is 11.1. The number of carbonyl (C=O) groups excluding carboxylic acids is 2. The van der Waals surface area contributed by atoms with E-state index < -0.39 is 0 Å². The van der Waals surface area contributed by atoms with Crippen LogP contribution in [0.15, 0.2) is 54.6 Å². The maximum atomic E-state index is 12.1. The first-order valence-electron chi connectivity index (χ1n) is 7.83. The maximum Gasteiger partial charge on any atom is 0.251 e. The standard InChI is InChI=1S/C19H22N2O2/c1-3-15-9-7-8-12-17(15)21-18(22)13-14(2)20-19(23)16-10-5-4-6-11-16/h4-12,14H,3,13H2,1-2H3,(H,20,23)(H,21,22). The molecule has 0 radical (unpaired) electrons. The zero-order valence-corrected chi connectivity index (χ0v) is 13.5. The van der Waals surface area contributed by atoms with Crippen molar-refractivity contribution in [3.63, 3.8) is 0 Å². The molecule has 0 saturated carbocycles. The lowest BCUT2D eigenvalue weighted by Gasteiger charge is -2.15. The quantitative estimate of drug-likeness (QED) is 0.859. The number of anilines is 1. The molecule has 0 heterocycles. The molecule has 2 rings (SSSR count). The zero-order chi connectivity index (χ0) is 16.7. The third kappa shape index (κ3) is 4.95. The van der Waals surface area contributed by atoms with Crippen molar-refractivity contribution in [3.8, 4) is 0 Å². The Morgan fingerprint density at radius 1 is 1.00 bits per heavy atom. The molecule has 0 fully saturated rings. The van der Waals surface area contributed by atoms with Gasteiger partial charge in [-0.05, 0) is 37.1 Å². The second-order valence-electron chi connectivity index (χ2n) is 5.50. The van der Waals surface area contributed by atoms with Gasteiger partial charge in [0, 0.05) is 23.7 Å². The predicted molar refractivity (Wildman–Crippen MR) is 92.4 cm³/mol. The number of para-hydroxylation sites is 1. The molecular weight excluding hydrogens is 288 g/mol. The van der Waals surface area contributed by atoms with E-state index in [-0.39, 0.29) is 24.3 Å². The van der Waals surface area contributed by atoms with Crippen molar-refractivity contribution in [3.05, 3.63) is 65.7 Å². The summed E-state index contributed by atoms with van der Waals surface area (Å²) in [4.78, 5) is 24.2. The van der Waals surface area contributed by atoms with Crippen molar-refractivity contribution < 1.29 is 9.59 Å². The summed E-state index contributed by atoms with van der Waals surface area (Å²) in [7, 11) is 0. The Labute approximate surface area is 136 Å². The Balaban J connectivity index is 1.88. The molecule has 1 unspecified atom stereocenters. The smallest absolute Gasteiger partial charge is 0.251 e. The molecule has 1 atom stereocenters. The van der Waals surface area contributed by atoms with Crippen LogP contribution in [0.4, 0.5) is 5.69 Å². The zero-order valence-electron chi connectivity index (χ0n) is 13.5. The van der Waals surface area contributed by atoms with E-state index in [1.165, 1.54) is 0 Å². The fourth-order valence-corrected chi connectivity index (χ4v) is 2.38. The highest BCUT2D eigenvalue weighted by Crippen LogP contribution is 2.15. The molecule has 2 aromatic carbocycles. The summed E-state index contributed by atoms with van der Waals surface area (Å²) >= 11 is 0. The second kappa shape index (κ2) is 8.13. The van der Waals surface area contributed by atoms with Gasteiger partial charge in [-0.1, -0.05) is 43.3 Å². The minimum absolute atomic E-state index is 0.105. The highest BCUT2D eigenvalue weighted by atomic mass is 16.2. The summed E-state index contributed by atoms with van der Waals surface area (Å²) in [5.74, 6) is -0.272. The molecule has 0 aromatic heterocycles. The van der Waals surface area contributed by atoms with E-state index in [0.29, 0.717) is 5.56 Å². The van der Waals surface area contributed by atoms with Crippen LogP contribution in [-0.2, 0) is 11.2 Å². The average molecular weight is 310 g/mol. The largest absolute Gasteiger partial charge is 0.349 e. The van der Waals surface area contributed by atoms with Gasteiger partial charge >= 0.3 is 0 Å². The van der Waals surface area contributed by atoms with E-state index >= 15 is 0 Å². The summed E-state index contributed by atoms with van der Waals surface area (Å²) in [5.41, 5.74) is 2.53. The van der Waals surface area contributed by atoms with Gasteiger partial charge in [-0.2, -0.15) is 0 Å². The highest BCUT2D eigenvalue weighted by Gasteiger charge is 2.14. The topological polar surface area (TPSA) is 58.2 Å². The molecule has 4 heteroatoms. The number of carbonyl (C=O) groups is 2. The molecule has 0 aliphatic rings. The molecule has 4 nitrogen and oxygen atoms in total. The number of benzene rings is 2. The molecule has 0 aliphatic heterocycles. The lowest BCUT2D eigenvalue weighted by atomic mass is 10.1. The fourth-order valence-electron chi connectivity index (χ4n) is 2.38. The van der Waals surface area contributed by atoms with E-state index in [0.717, 1.165) is 17.7 Å². The van der Waals surface area contributed by atoms with Crippen LogP contribution < -0.4 is 10.6 Å². The van der Waals surface area contributed by atoms with Gasteiger partial charge < -0.3 is 10.6 Å². The van der Waals surface area contributed by atoms with Gasteiger partial charge in [0.1, 0.15) is 0 Å². The summed E-state index contributed by atoms with van der Waals surface area (Å²) in [6.45, 7) is 3.87. The molecule has 0 saturated heterocycles. The minimum atomic E-state index is -0.239. The number of hydrogen-bond acceptors (Lipinski definition) is 2. The van der Waals surface area contributed by atoms with Gasteiger partial charge in [0.15, 0.2) is 0 Å². The van der Waals surface area contributed by atoms with Crippen LogP contribution in [0.1, 0.15) is 36.2 Å². The fraction of sp³-hybridized carbons (Fsp3) is 0.263. The number of amides is 2. The first kappa shape index (κ1) is 16.7. The van der Waals surface area contributed by atoms with E-state index in [1.807, 2.05) is 56.3 Å². The molecule has 23 heavy (non-hydrogen) atoms. The van der Waals surface area contributed by atoms with Crippen LogP contribution >= 0.6 is 0 Å². The summed E-state index contributed by atoms with van der Waals surface area (Å²) in [6.07, 6.45) is 1.09. The number of nitrogens with one attached hydrogen (secondary N) is 2. The predicted octanol–water partition coefficient (Wildman–Crippen LogP) is 3.40. The Morgan fingerprint density at radius 2 is 1.65 bits per heavy atom. The summed E-state index contributed by atoms with van der Waals surface area (Å²) < 4.78 is 0. The highest BCUT2D eigenvalue weighted by molar-refractivity contribution is 5.95. The lowest BCUT2D eigenvalue weighted by Crippen LogP contribution is -2.35. The summed E-state index contributed by atoms with van der Waals surface area (Å²) in [6, 6.07) is 16.5. The van der Waals surface area contributed by atoms with Crippen molar-refractivity contribution in [2.24, 2.45) is 0 Å². The van der Waals surface area contributed by atoms with Crippen molar-refractivity contribution in [2.75, 3.05) is 5.32 Å². The number of aryl methyl sites for hydroxylation is 1. The van der Waals surface area contributed by atoms with Gasteiger partial charge in [0.05, 0.1) is 0 Å². The van der Waals surface area contributed by atoms with Crippen LogP contribution in [0.2, 0.25) is 0 Å². The van der Waals surface area contributed by atoms with Gasteiger partial charge in [-0.25, -0.2) is 0 Å². The molecule has 120 valence electrons. The first-order valence-corrected chi connectivity index (χ1v) is 7.83. The van der Waals surface area contributed by atoms with Crippen LogP contribution in [0.3, 0.4) is 0 Å². The third-order valence-electron chi connectivity index (χ3n) is 3.58. The molecule has 0 aliphatic carbocycles. The molecule has 2 aromatic rings. The van der Waals surface area contributed by atoms with Gasteiger partial charge in [0.2, 0.25) is 5.91 Å². The van der Waals surface area contributed by atoms with Crippen molar-refractivity contribution in [1.29, 1.82) is 0 Å². The SMILES string of the molecule is CCc1ccccc1NC(=O)CC(C)NC(=O)c1ccccc1. The Kier molecular flexibility index (Phi) is 5.92. The monoisotopic (exact) mass is 310 g/mol. The number of rotatable bonds is 6. The molecule has 0 spiro atoms. The van der Waals surface area contributed by atoms with Crippen LogP contribution in [0.5, 0.6) is 0 Å². The van der Waals surface area contributed by atoms with Crippen LogP contribution in [0.25, 0.3) is 0 Å². The van der Waals surface area contributed by atoms with E-state index in [4.69, 9.17) is 0 Å². The summed E-state index contributed by atoms with van der Waals surface area (Å²) in [5, 5.41) is 5.76. The number of hydrogen-bond donors (Lipinski definition) is 2. The lowest BCUT2D eigenvalue weighted by molar-refractivity contribution is -0.116.